The van der Waals surface area contributed by atoms with Crippen molar-refractivity contribution in [2.24, 2.45) is 0 Å². The van der Waals surface area contributed by atoms with Crippen molar-refractivity contribution in [3.05, 3.63) is 85.7 Å². The molecule has 0 saturated carbocycles. The molecule has 1 atom stereocenters. The highest BCUT2D eigenvalue weighted by Gasteiger charge is 2.45. The van der Waals surface area contributed by atoms with Gasteiger partial charge in [-0.3, -0.25) is 19.3 Å². The second kappa shape index (κ2) is 8.78. The zero-order valence-electron chi connectivity index (χ0n) is 19.9. The molecule has 0 saturated heterocycles. The van der Waals surface area contributed by atoms with Crippen molar-refractivity contribution >= 4 is 39.1 Å². The molecule has 0 radical (unpaired) electrons. The van der Waals surface area contributed by atoms with Crippen molar-refractivity contribution in [3.8, 4) is 5.75 Å². The quantitative estimate of drug-likeness (QED) is 0.328. The van der Waals surface area contributed by atoms with Crippen LogP contribution in [0, 0.1) is 13.8 Å². The number of ketones is 1. The first-order valence-electron chi connectivity index (χ1n) is 11.4. The van der Waals surface area contributed by atoms with E-state index in [0.717, 1.165) is 23.3 Å². The number of carbonyl (C=O) groups excluding carboxylic acids is 2. The van der Waals surface area contributed by atoms with Gasteiger partial charge in [0.2, 0.25) is 5.76 Å². The molecule has 1 amide bonds. The van der Waals surface area contributed by atoms with Crippen LogP contribution in [0.1, 0.15) is 68.9 Å². The van der Waals surface area contributed by atoms with Crippen LogP contribution in [0.15, 0.2) is 51.7 Å². The Bertz CT molecular complexity index is 1550. The normalized spacial score (nSPS) is 15.0. The second-order valence-corrected chi connectivity index (χ2v) is 9.62. The summed E-state index contributed by atoms with van der Waals surface area (Å²) in [6.45, 7) is 7.67. The lowest BCUT2D eigenvalue weighted by Gasteiger charge is -2.23. The van der Waals surface area contributed by atoms with Crippen LogP contribution < -0.4 is 15.1 Å². The second-order valence-electron chi connectivity index (χ2n) is 8.64. The Morgan fingerprint density at radius 2 is 1.97 bits per heavy atom. The minimum atomic E-state index is -0.769. The molecule has 0 spiro atoms. The molecule has 1 aliphatic rings. The Hall–Kier alpha value is -3.78. The lowest BCUT2D eigenvalue weighted by atomic mass is 9.98. The molecule has 7 nitrogen and oxygen atoms in total. The van der Waals surface area contributed by atoms with E-state index >= 15 is 0 Å². The van der Waals surface area contributed by atoms with E-state index in [1.54, 1.807) is 19.1 Å². The fourth-order valence-electron chi connectivity index (χ4n) is 4.41. The molecule has 0 fully saturated rings. The smallest absolute Gasteiger partial charge is 0.297 e. The number of ether oxygens (including phenoxy) is 1. The molecule has 2 aromatic carbocycles. The van der Waals surface area contributed by atoms with E-state index in [0.29, 0.717) is 44.6 Å². The molecule has 5 rings (SSSR count). The first kappa shape index (κ1) is 23.0. The number of aromatic nitrogens is 1. The van der Waals surface area contributed by atoms with Crippen molar-refractivity contribution < 1.29 is 18.7 Å². The molecule has 0 unspecified atom stereocenters. The largest absolute Gasteiger partial charge is 0.494 e. The van der Waals surface area contributed by atoms with Gasteiger partial charge < -0.3 is 9.15 Å². The maximum atomic E-state index is 13.8. The SMILES string of the molecule is CCCOc1cccc([C@@H]2c3c(oc4ccc(C)cc4c3=O)C(=O)N2c2nc(C)c(C(C)=O)s2)c1. The Morgan fingerprint density at radius 1 is 1.17 bits per heavy atom. The topological polar surface area (TPSA) is 89.7 Å². The molecule has 0 N–H and O–H groups in total. The van der Waals surface area contributed by atoms with E-state index in [4.69, 9.17) is 9.15 Å². The fraction of sp³-hybridized carbons (Fsp3) is 0.259. The van der Waals surface area contributed by atoms with Crippen molar-refractivity contribution in [2.75, 3.05) is 11.5 Å². The van der Waals surface area contributed by atoms with Crippen LogP contribution in [0.2, 0.25) is 0 Å². The number of carbonyl (C=O) groups is 2. The predicted molar refractivity (Wildman–Crippen MR) is 135 cm³/mol. The molecular formula is C27H24N2O5S. The summed E-state index contributed by atoms with van der Waals surface area (Å²) in [5.74, 6) is 0.0464. The number of amides is 1. The first-order chi connectivity index (χ1) is 16.8. The monoisotopic (exact) mass is 488 g/mol. The molecule has 35 heavy (non-hydrogen) atoms. The van der Waals surface area contributed by atoms with Gasteiger partial charge in [-0.2, -0.15) is 0 Å². The van der Waals surface area contributed by atoms with E-state index in [9.17, 15) is 14.4 Å². The number of thiazole rings is 1. The van der Waals surface area contributed by atoms with Gasteiger partial charge in [-0.25, -0.2) is 4.98 Å². The standard InChI is InChI=1S/C27H24N2O5S/c1-5-11-33-18-8-6-7-17(13-18)22-21-23(31)19-12-14(2)9-10-20(19)34-24(21)26(32)29(22)27-28-15(3)25(35-27)16(4)30/h6-10,12-13,22H,5,11H2,1-4H3/t22-/m1/s1. The summed E-state index contributed by atoms with van der Waals surface area (Å²) >= 11 is 1.14. The zero-order chi connectivity index (χ0) is 24.9. The Kier molecular flexibility index (Phi) is 5.76. The van der Waals surface area contributed by atoms with Gasteiger partial charge in [-0.15, -0.1) is 0 Å². The maximum absolute atomic E-state index is 13.8. The minimum absolute atomic E-state index is 0.00605. The highest BCUT2D eigenvalue weighted by Crippen LogP contribution is 2.43. The third-order valence-corrected chi connectivity index (χ3v) is 7.24. The maximum Gasteiger partial charge on any atom is 0.297 e. The van der Waals surface area contributed by atoms with Gasteiger partial charge in [-0.05, 0) is 50.1 Å². The third kappa shape index (κ3) is 3.83. The molecule has 3 heterocycles. The lowest BCUT2D eigenvalue weighted by molar-refractivity contribution is 0.0969. The molecule has 2 aromatic heterocycles. The first-order valence-corrected chi connectivity index (χ1v) is 12.2. The van der Waals surface area contributed by atoms with Crippen LogP contribution in [0.5, 0.6) is 5.75 Å². The van der Waals surface area contributed by atoms with Crippen molar-refractivity contribution in [1.82, 2.24) is 4.98 Å². The van der Waals surface area contributed by atoms with Crippen LogP contribution in [0.3, 0.4) is 0 Å². The summed E-state index contributed by atoms with van der Waals surface area (Å²) < 4.78 is 11.8. The highest BCUT2D eigenvalue weighted by molar-refractivity contribution is 7.17. The highest BCUT2D eigenvalue weighted by atomic mass is 32.1. The number of anilines is 1. The van der Waals surface area contributed by atoms with Crippen LogP contribution in [-0.2, 0) is 0 Å². The molecule has 8 heteroatoms. The molecule has 1 aliphatic heterocycles. The summed E-state index contributed by atoms with van der Waals surface area (Å²) in [5.41, 5.74) is 2.51. The van der Waals surface area contributed by atoms with Crippen molar-refractivity contribution in [3.63, 3.8) is 0 Å². The van der Waals surface area contributed by atoms with Gasteiger partial charge in [0.15, 0.2) is 16.3 Å². The number of rotatable bonds is 6. The Labute approximate surface area is 206 Å². The van der Waals surface area contributed by atoms with Gasteiger partial charge in [0.05, 0.1) is 34.2 Å². The van der Waals surface area contributed by atoms with Crippen LogP contribution in [0.4, 0.5) is 5.13 Å². The molecule has 0 bridgehead atoms. The van der Waals surface area contributed by atoms with Gasteiger partial charge >= 0.3 is 0 Å². The molecule has 0 aliphatic carbocycles. The third-order valence-electron chi connectivity index (χ3n) is 5.98. The zero-order valence-corrected chi connectivity index (χ0v) is 20.7. The van der Waals surface area contributed by atoms with Crippen molar-refractivity contribution in [2.45, 2.75) is 40.2 Å². The van der Waals surface area contributed by atoms with Gasteiger partial charge in [0, 0.05) is 6.92 Å². The minimum Gasteiger partial charge on any atom is -0.494 e. The van der Waals surface area contributed by atoms with Crippen LogP contribution >= 0.6 is 11.3 Å². The molecule has 178 valence electrons. The van der Waals surface area contributed by atoms with Crippen LogP contribution in [-0.4, -0.2) is 23.3 Å². The average Bonchev–Trinajstić information content (AvgIpc) is 3.36. The summed E-state index contributed by atoms with van der Waals surface area (Å²) in [6, 6.07) is 11.9. The number of Topliss-reactive ketones (excluding diaryl/α,β-unsaturated/α-hetero) is 1. The summed E-state index contributed by atoms with van der Waals surface area (Å²) in [6.07, 6.45) is 0.849. The fourth-order valence-corrected chi connectivity index (χ4v) is 5.39. The predicted octanol–water partition coefficient (Wildman–Crippen LogP) is 5.61. The van der Waals surface area contributed by atoms with Gasteiger partial charge in [0.25, 0.3) is 5.91 Å². The number of fused-ring (bicyclic) bond motifs is 2. The number of hydrogen-bond donors (Lipinski definition) is 0. The number of benzene rings is 2. The van der Waals surface area contributed by atoms with Gasteiger partial charge in [-0.1, -0.05) is 42.0 Å². The lowest BCUT2D eigenvalue weighted by Crippen LogP contribution is -2.29. The van der Waals surface area contributed by atoms with E-state index in [2.05, 4.69) is 4.98 Å². The van der Waals surface area contributed by atoms with E-state index in [-0.39, 0.29) is 22.5 Å². The van der Waals surface area contributed by atoms with E-state index in [1.165, 1.54) is 11.8 Å². The number of aryl methyl sites for hydroxylation is 2. The molecular weight excluding hydrogens is 464 g/mol. The van der Waals surface area contributed by atoms with E-state index in [1.807, 2.05) is 44.2 Å². The van der Waals surface area contributed by atoms with E-state index < -0.39 is 11.9 Å². The number of hydrogen-bond acceptors (Lipinski definition) is 7. The summed E-state index contributed by atoms with van der Waals surface area (Å²) in [5, 5.41) is 0.759. The number of nitrogens with zero attached hydrogens (tertiary/aromatic N) is 2. The average molecular weight is 489 g/mol. The summed E-state index contributed by atoms with van der Waals surface area (Å²) in [7, 11) is 0. The molecule has 4 aromatic rings. The van der Waals surface area contributed by atoms with Crippen molar-refractivity contribution in [1.29, 1.82) is 0 Å². The summed E-state index contributed by atoms with van der Waals surface area (Å²) in [4.78, 5) is 46.1. The van der Waals surface area contributed by atoms with Crippen LogP contribution in [0.25, 0.3) is 11.0 Å². The van der Waals surface area contributed by atoms with Gasteiger partial charge in [0.1, 0.15) is 11.3 Å². The Balaban J connectivity index is 1.76. The Morgan fingerprint density at radius 3 is 2.69 bits per heavy atom.